The van der Waals surface area contributed by atoms with E-state index in [1.54, 1.807) is 31.4 Å². The molecule has 0 fully saturated rings. The summed E-state index contributed by atoms with van der Waals surface area (Å²) in [6, 6.07) is 15.6. The number of aryl methyl sites for hydroxylation is 1. The summed E-state index contributed by atoms with van der Waals surface area (Å²) in [5, 5.41) is 0. The lowest BCUT2D eigenvalue weighted by Crippen LogP contribution is -2.43. The smallest absolute Gasteiger partial charge is 0.264 e. The van der Waals surface area contributed by atoms with Crippen molar-refractivity contribution in [2.24, 2.45) is 5.92 Å². The lowest BCUT2D eigenvalue weighted by atomic mass is 10.0. The summed E-state index contributed by atoms with van der Waals surface area (Å²) in [5.41, 5.74) is 2.29. The Morgan fingerprint density at radius 2 is 1.65 bits per heavy atom. The van der Waals surface area contributed by atoms with Crippen molar-refractivity contribution in [3.8, 4) is 0 Å². The molecule has 4 nitrogen and oxygen atoms in total. The Bertz CT molecular complexity index is 931. The number of rotatable bonds is 5. The van der Waals surface area contributed by atoms with E-state index in [2.05, 4.69) is 6.58 Å². The van der Waals surface area contributed by atoms with Crippen LogP contribution in [-0.2, 0) is 14.8 Å². The second-order valence-electron chi connectivity index (χ2n) is 6.51. The summed E-state index contributed by atoms with van der Waals surface area (Å²) in [5.74, 6) is 0.584. The molecule has 0 aliphatic heterocycles. The third-order valence-corrected chi connectivity index (χ3v) is 6.47. The quantitative estimate of drug-likeness (QED) is 0.790. The number of anilines is 1. The molecule has 1 aliphatic rings. The van der Waals surface area contributed by atoms with Gasteiger partial charge in [0.25, 0.3) is 10.0 Å². The van der Waals surface area contributed by atoms with Gasteiger partial charge < -0.3 is 4.74 Å². The topological polar surface area (TPSA) is 46.6 Å². The summed E-state index contributed by atoms with van der Waals surface area (Å²) in [7, 11) is -2.19. The van der Waals surface area contributed by atoms with Gasteiger partial charge in [0.2, 0.25) is 0 Å². The minimum absolute atomic E-state index is 0.0575. The molecule has 0 amide bonds. The first kappa shape index (κ1) is 18.3. The molecule has 2 atom stereocenters. The molecule has 26 heavy (non-hydrogen) atoms. The summed E-state index contributed by atoms with van der Waals surface area (Å²) < 4.78 is 33.9. The van der Waals surface area contributed by atoms with Gasteiger partial charge >= 0.3 is 0 Å². The van der Waals surface area contributed by atoms with Crippen LogP contribution in [0.15, 0.2) is 83.5 Å². The molecular weight excluding hydrogens is 346 g/mol. The zero-order valence-electron chi connectivity index (χ0n) is 15.2. The number of nitrogens with zero attached hydrogens (tertiary/aromatic N) is 1. The Hall–Kier alpha value is -2.53. The molecule has 5 heteroatoms. The Kier molecular flexibility index (Phi) is 4.92. The normalized spacial score (nSPS) is 20.0. The van der Waals surface area contributed by atoms with Gasteiger partial charge in [0, 0.05) is 11.5 Å². The number of benzene rings is 2. The lowest BCUT2D eigenvalue weighted by molar-refractivity contribution is 0.302. The van der Waals surface area contributed by atoms with E-state index in [0.29, 0.717) is 17.0 Å². The van der Waals surface area contributed by atoms with E-state index >= 15 is 0 Å². The number of ether oxygens (including phenoxy) is 1. The molecule has 0 heterocycles. The molecule has 136 valence electrons. The van der Waals surface area contributed by atoms with Crippen LogP contribution < -0.4 is 4.31 Å². The van der Waals surface area contributed by atoms with Crippen LogP contribution in [0.2, 0.25) is 0 Å². The van der Waals surface area contributed by atoms with Gasteiger partial charge in [0.05, 0.1) is 23.7 Å². The highest BCUT2D eigenvalue weighted by atomic mass is 32.2. The summed E-state index contributed by atoms with van der Waals surface area (Å²) in [4.78, 5) is 0.262. The maximum atomic E-state index is 13.5. The van der Waals surface area contributed by atoms with Crippen LogP contribution in [0.4, 0.5) is 5.69 Å². The Morgan fingerprint density at radius 1 is 1.04 bits per heavy atom. The fourth-order valence-corrected chi connectivity index (χ4v) is 5.03. The van der Waals surface area contributed by atoms with Crippen LogP contribution >= 0.6 is 0 Å². The Morgan fingerprint density at radius 3 is 2.19 bits per heavy atom. The fourth-order valence-electron chi connectivity index (χ4n) is 3.30. The first-order valence-corrected chi connectivity index (χ1v) is 9.91. The van der Waals surface area contributed by atoms with E-state index in [4.69, 9.17) is 4.74 Å². The molecule has 0 saturated heterocycles. The predicted molar refractivity (Wildman–Crippen MR) is 104 cm³/mol. The van der Waals surface area contributed by atoms with Crippen LogP contribution in [0.3, 0.4) is 0 Å². The second-order valence-corrected chi connectivity index (χ2v) is 8.33. The van der Waals surface area contributed by atoms with E-state index in [0.717, 1.165) is 5.56 Å². The third-order valence-electron chi connectivity index (χ3n) is 4.65. The van der Waals surface area contributed by atoms with Crippen molar-refractivity contribution in [1.82, 2.24) is 0 Å². The summed E-state index contributed by atoms with van der Waals surface area (Å²) in [6.07, 6.45) is 1.92. The van der Waals surface area contributed by atoms with Gasteiger partial charge in [-0.05, 0) is 37.3 Å². The molecule has 0 N–H and O–H groups in total. The van der Waals surface area contributed by atoms with E-state index < -0.39 is 16.1 Å². The van der Waals surface area contributed by atoms with E-state index in [-0.39, 0.29) is 10.8 Å². The maximum absolute atomic E-state index is 13.5. The molecule has 0 unspecified atom stereocenters. The largest absolute Gasteiger partial charge is 0.497 e. The lowest BCUT2D eigenvalue weighted by Gasteiger charge is -2.33. The molecule has 0 spiro atoms. The number of sulfonamides is 1. The van der Waals surface area contributed by atoms with Crippen molar-refractivity contribution in [2.45, 2.75) is 24.8 Å². The highest BCUT2D eigenvalue weighted by Gasteiger charge is 2.40. The highest BCUT2D eigenvalue weighted by Crippen LogP contribution is 2.38. The Balaban J connectivity index is 2.14. The SMILES string of the molecule is C=C1C(OC)=C[C@H](C)[C@H]1N(c1ccccc1)S(=O)(=O)c1ccc(C)cc1. The molecule has 2 aromatic rings. The van der Waals surface area contributed by atoms with E-state index in [1.165, 1.54) is 4.31 Å². The molecule has 0 bridgehead atoms. The molecule has 2 aromatic carbocycles. The van der Waals surface area contributed by atoms with Crippen molar-refractivity contribution in [1.29, 1.82) is 0 Å². The zero-order chi connectivity index (χ0) is 18.9. The monoisotopic (exact) mass is 369 g/mol. The molecular formula is C21H23NO3S. The number of para-hydroxylation sites is 1. The molecule has 1 aliphatic carbocycles. The van der Waals surface area contributed by atoms with Crippen LogP contribution in [0.1, 0.15) is 12.5 Å². The van der Waals surface area contributed by atoms with Gasteiger partial charge in [0.15, 0.2) is 0 Å². The first-order valence-electron chi connectivity index (χ1n) is 8.47. The van der Waals surface area contributed by atoms with Crippen molar-refractivity contribution in [2.75, 3.05) is 11.4 Å². The third kappa shape index (κ3) is 3.15. The molecule has 0 saturated carbocycles. The minimum Gasteiger partial charge on any atom is -0.497 e. The van der Waals surface area contributed by atoms with Crippen molar-refractivity contribution >= 4 is 15.7 Å². The van der Waals surface area contributed by atoms with Gasteiger partial charge in [0.1, 0.15) is 5.76 Å². The number of methoxy groups -OCH3 is 1. The summed E-state index contributed by atoms with van der Waals surface area (Å²) in [6.45, 7) is 8.01. The van der Waals surface area contributed by atoms with Crippen molar-refractivity contribution in [3.05, 3.63) is 84.1 Å². The predicted octanol–water partition coefficient (Wildman–Crippen LogP) is 4.30. The Labute approximate surface area is 155 Å². The van der Waals surface area contributed by atoms with Crippen molar-refractivity contribution < 1.29 is 13.2 Å². The second kappa shape index (κ2) is 7.00. The van der Waals surface area contributed by atoms with Crippen LogP contribution in [0, 0.1) is 12.8 Å². The van der Waals surface area contributed by atoms with Gasteiger partial charge in [-0.3, -0.25) is 4.31 Å². The van der Waals surface area contributed by atoms with Gasteiger partial charge in [-0.15, -0.1) is 0 Å². The minimum atomic E-state index is -3.77. The number of hydrogen-bond acceptors (Lipinski definition) is 3. The van der Waals surface area contributed by atoms with Gasteiger partial charge in [-0.2, -0.15) is 0 Å². The maximum Gasteiger partial charge on any atom is 0.264 e. The average Bonchev–Trinajstić information content (AvgIpc) is 2.91. The van der Waals surface area contributed by atoms with Gasteiger partial charge in [-0.1, -0.05) is 49.4 Å². The zero-order valence-corrected chi connectivity index (χ0v) is 16.0. The van der Waals surface area contributed by atoms with E-state index in [1.807, 2.05) is 50.3 Å². The highest BCUT2D eigenvalue weighted by molar-refractivity contribution is 7.92. The molecule has 0 aromatic heterocycles. The van der Waals surface area contributed by atoms with Crippen LogP contribution in [0.25, 0.3) is 0 Å². The first-order chi connectivity index (χ1) is 12.4. The standard InChI is InChI=1S/C21H23NO3S/c1-15-10-12-19(13-11-15)26(23,24)22(18-8-6-5-7-9-18)21-16(2)14-20(25-4)17(21)3/h5-14,16,21H,3H2,1-2,4H3/t16-,21+/m0/s1. The van der Waals surface area contributed by atoms with Crippen molar-refractivity contribution in [3.63, 3.8) is 0 Å². The van der Waals surface area contributed by atoms with E-state index in [9.17, 15) is 8.42 Å². The van der Waals surface area contributed by atoms with Gasteiger partial charge in [-0.25, -0.2) is 8.42 Å². The average molecular weight is 369 g/mol. The van der Waals surface area contributed by atoms with Crippen LogP contribution in [0.5, 0.6) is 0 Å². The summed E-state index contributed by atoms with van der Waals surface area (Å²) >= 11 is 0. The molecule has 3 rings (SSSR count). The molecule has 0 radical (unpaired) electrons. The number of hydrogen-bond donors (Lipinski definition) is 0. The van der Waals surface area contributed by atoms with Crippen LogP contribution in [-0.4, -0.2) is 21.6 Å². The fraction of sp³-hybridized carbons (Fsp3) is 0.238.